The molecule has 0 spiro atoms. The van der Waals surface area contributed by atoms with Crippen molar-refractivity contribution in [3.8, 4) is 11.6 Å². The zero-order valence-electron chi connectivity index (χ0n) is 9.43. The molecule has 0 N–H and O–H groups in total. The number of nitrogens with zero attached hydrogens (tertiary/aromatic N) is 2. The molecule has 0 aliphatic carbocycles. The zero-order chi connectivity index (χ0) is 13.4. The summed E-state index contributed by atoms with van der Waals surface area (Å²) in [4.78, 5) is 20.5. The van der Waals surface area contributed by atoms with E-state index in [0.717, 1.165) is 8.95 Å². The van der Waals surface area contributed by atoms with Crippen LogP contribution in [0.15, 0.2) is 54.7 Å². The fourth-order valence-electron chi connectivity index (χ4n) is 1.70. The SMILES string of the molecule is O=c1oc(-c2ccccn2)nc2c(Br)cc(Br)cc12. The van der Waals surface area contributed by atoms with Gasteiger partial charge in [0.05, 0.1) is 10.9 Å². The third-order valence-corrected chi connectivity index (χ3v) is 3.60. The Morgan fingerprint density at radius 3 is 2.74 bits per heavy atom. The molecule has 3 rings (SSSR count). The molecular weight excluding hydrogens is 376 g/mol. The summed E-state index contributed by atoms with van der Waals surface area (Å²) in [5, 5.41) is 0.418. The quantitative estimate of drug-likeness (QED) is 0.643. The molecule has 0 aliphatic rings. The number of fused-ring (bicyclic) bond motifs is 1. The van der Waals surface area contributed by atoms with Crippen LogP contribution in [0.2, 0.25) is 0 Å². The average Bonchev–Trinajstić information content (AvgIpc) is 2.41. The highest BCUT2D eigenvalue weighted by Gasteiger charge is 2.12. The van der Waals surface area contributed by atoms with Gasteiger partial charge in [-0.05, 0) is 40.2 Å². The molecule has 0 saturated carbocycles. The third kappa shape index (κ3) is 2.33. The van der Waals surface area contributed by atoms with E-state index in [4.69, 9.17) is 4.42 Å². The lowest BCUT2D eigenvalue weighted by Gasteiger charge is -2.03. The monoisotopic (exact) mass is 380 g/mol. The van der Waals surface area contributed by atoms with Crippen LogP contribution in [0.3, 0.4) is 0 Å². The zero-order valence-corrected chi connectivity index (χ0v) is 12.6. The van der Waals surface area contributed by atoms with Crippen molar-refractivity contribution in [3.05, 3.63) is 55.9 Å². The van der Waals surface area contributed by atoms with E-state index in [0.29, 0.717) is 16.6 Å². The molecule has 6 heteroatoms. The van der Waals surface area contributed by atoms with Crippen LogP contribution in [-0.2, 0) is 0 Å². The summed E-state index contributed by atoms with van der Waals surface area (Å²) in [6.07, 6.45) is 1.62. The minimum absolute atomic E-state index is 0.209. The first-order chi connectivity index (χ1) is 9.15. The number of rotatable bonds is 1. The van der Waals surface area contributed by atoms with E-state index in [1.165, 1.54) is 0 Å². The van der Waals surface area contributed by atoms with E-state index < -0.39 is 5.63 Å². The van der Waals surface area contributed by atoms with E-state index in [1.54, 1.807) is 24.4 Å². The van der Waals surface area contributed by atoms with Gasteiger partial charge in [-0.25, -0.2) is 9.78 Å². The number of hydrogen-bond acceptors (Lipinski definition) is 4. The van der Waals surface area contributed by atoms with E-state index in [2.05, 4.69) is 41.8 Å². The van der Waals surface area contributed by atoms with E-state index in [-0.39, 0.29) is 5.89 Å². The fourth-order valence-corrected chi connectivity index (χ4v) is 3.02. The molecule has 0 radical (unpaired) electrons. The summed E-state index contributed by atoms with van der Waals surface area (Å²) in [6, 6.07) is 8.85. The summed E-state index contributed by atoms with van der Waals surface area (Å²) in [7, 11) is 0. The molecule has 0 bridgehead atoms. The van der Waals surface area contributed by atoms with Gasteiger partial charge in [0, 0.05) is 15.1 Å². The molecule has 2 heterocycles. The maximum absolute atomic E-state index is 12.0. The highest BCUT2D eigenvalue weighted by molar-refractivity contribution is 9.11. The smallest absolute Gasteiger partial charge is 0.347 e. The van der Waals surface area contributed by atoms with Gasteiger partial charge in [0.15, 0.2) is 0 Å². The molecule has 19 heavy (non-hydrogen) atoms. The molecule has 0 unspecified atom stereocenters. The summed E-state index contributed by atoms with van der Waals surface area (Å²) in [6.45, 7) is 0. The Morgan fingerprint density at radius 1 is 1.16 bits per heavy atom. The van der Waals surface area contributed by atoms with Gasteiger partial charge in [-0.2, -0.15) is 0 Å². The molecule has 1 aromatic carbocycles. The lowest BCUT2D eigenvalue weighted by atomic mass is 10.2. The van der Waals surface area contributed by atoms with Crippen LogP contribution in [0.1, 0.15) is 0 Å². The molecule has 0 saturated heterocycles. The topological polar surface area (TPSA) is 56.0 Å². The van der Waals surface area contributed by atoms with Crippen LogP contribution in [0, 0.1) is 0 Å². The van der Waals surface area contributed by atoms with Crippen molar-refractivity contribution in [3.63, 3.8) is 0 Å². The van der Waals surface area contributed by atoms with Crippen LogP contribution in [-0.4, -0.2) is 9.97 Å². The number of pyridine rings is 1. The summed E-state index contributed by atoms with van der Waals surface area (Å²) < 4.78 is 6.72. The summed E-state index contributed by atoms with van der Waals surface area (Å²) in [5.74, 6) is 0.209. The third-order valence-electron chi connectivity index (χ3n) is 2.53. The van der Waals surface area contributed by atoms with Crippen molar-refractivity contribution >= 4 is 42.8 Å². The Kier molecular flexibility index (Phi) is 3.20. The largest absolute Gasteiger partial charge is 0.401 e. The molecule has 2 aromatic heterocycles. The standard InChI is InChI=1S/C13H6Br2N2O2/c14-7-5-8-11(9(15)6-7)17-12(19-13(8)18)10-3-1-2-4-16-10/h1-6H. The van der Waals surface area contributed by atoms with Crippen LogP contribution in [0.25, 0.3) is 22.5 Å². The Balaban J connectivity index is 2.34. The highest BCUT2D eigenvalue weighted by atomic mass is 79.9. The predicted octanol–water partition coefficient (Wildman–Crippen LogP) is 3.78. The predicted molar refractivity (Wildman–Crippen MR) is 78.9 cm³/mol. The van der Waals surface area contributed by atoms with Gasteiger partial charge in [-0.15, -0.1) is 0 Å². The number of halogens is 2. The summed E-state index contributed by atoms with van der Waals surface area (Å²) in [5.41, 5.74) is 0.643. The molecule has 0 amide bonds. The number of aromatic nitrogens is 2. The first-order valence-electron chi connectivity index (χ1n) is 5.36. The minimum atomic E-state index is -0.437. The van der Waals surface area contributed by atoms with E-state index >= 15 is 0 Å². The Bertz CT molecular complexity index is 816. The van der Waals surface area contributed by atoms with Gasteiger partial charge in [0.2, 0.25) is 5.89 Å². The van der Waals surface area contributed by atoms with Crippen molar-refractivity contribution in [2.75, 3.05) is 0 Å². The summed E-state index contributed by atoms with van der Waals surface area (Å²) >= 11 is 6.73. The second-order valence-electron chi connectivity index (χ2n) is 3.81. The second-order valence-corrected chi connectivity index (χ2v) is 5.58. The maximum atomic E-state index is 12.0. The molecule has 94 valence electrons. The van der Waals surface area contributed by atoms with Gasteiger partial charge in [0.1, 0.15) is 5.69 Å². The van der Waals surface area contributed by atoms with Crippen LogP contribution in [0.5, 0.6) is 0 Å². The van der Waals surface area contributed by atoms with Gasteiger partial charge in [0.25, 0.3) is 0 Å². The lowest BCUT2D eigenvalue weighted by Crippen LogP contribution is -2.04. The average molecular weight is 382 g/mol. The van der Waals surface area contributed by atoms with Gasteiger partial charge < -0.3 is 4.42 Å². The Labute approximate surface area is 124 Å². The lowest BCUT2D eigenvalue weighted by molar-refractivity contribution is 0.516. The van der Waals surface area contributed by atoms with Crippen LogP contribution >= 0.6 is 31.9 Å². The first-order valence-corrected chi connectivity index (χ1v) is 6.95. The van der Waals surface area contributed by atoms with Crippen LogP contribution < -0.4 is 5.63 Å². The van der Waals surface area contributed by atoms with E-state index in [9.17, 15) is 4.79 Å². The highest BCUT2D eigenvalue weighted by Crippen LogP contribution is 2.26. The fraction of sp³-hybridized carbons (Fsp3) is 0. The molecular formula is C13H6Br2N2O2. The van der Waals surface area contributed by atoms with Gasteiger partial charge in [-0.3, -0.25) is 4.98 Å². The van der Waals surface area contributed by atoms with E-state index in [1.807, 2.05) is 12.1 Å². The van der Waals surface area contributed by atoms with Crippen molar-refractivity contribution in [2.45, 2.75) is 0 Å². The van der Waals surface area contributed by atoms with Gasteiger partial charge in [-0.1, -0.05) is 22.0 Å². The molecule has 0 atom stereocenters. The number of benzene rings is 1. The van der Waals surface area contributed by atoms with Crippen molar-refractivity contribution in [2.24, 2.45) is 0 Å². The Morgan fingerprint density at radius 2 is 2.00 bits per heavy atom. The molecule has 0 aliphatic heterocycles. The molecule has 4 nitrogen and oxygen atoms in total. The van der Waals surface area contributed by atoms with Gasteiger partial charge >= 0.3 is 5.63 Å². The maximum Gasteiger partial charge on any atom is 0.347 e. The Hall–Kier alpha value is -1.53. The normalized spacial score (nSPS) is 10.8. The second kappa shape index (κ2) is 4.86. The van der Waals surface area contributed by atoms with Crippen LogP contribution in [0.4, 0.5) is 0 Å². The van der Waals surface area contributed by atoms with Crippen molar-refractivity contribution in [1.29, 1.82) is 0 Å². The number of hydrogen-bond donors (Lipinski definition) is 0. The van der Waals surface area contributed by atoms with Crippen molar-refractivity contribution in [1.82, 2.24) is 9.97 Å². The molecule has 3 aromatic rings. The first kappa shape index (κ1) is 12.5. The molecule has 0 fully saturated rings. The van der Waals surface area contributed by atoms with Crippen molar-refractivity contribution < 1.29 is 4.42 Å². The minimum Gasteiger partial charge on any atom is -0.401 e.